The Morgan fingerprint density at radius 2 is 2.05 bits per heavy atom. The predicted octanol–water partition coefficient (Wildman–Crippen LogP) is 0.738. The molecule has 114 valence electrons. The minimum Gasteiger partial charge on any atom is -0.394 e. The fourth-order valence-electron chi connectivity index (χ4n) is 2.97. The average Bonchev–Trinajstić information content (AvgIpc) is 2.91. The quantitative estimate of drug-likeness (QED) is 0.857. The van der Waals surface area contributed by atoms with Gasteiger partial charge in [-0.1, -0.05) is 12.1 Å². The number of benzene rings is 1. The van der Waals surface area contributed by atoms with E-state index in [1.165, 1.54) is 0 Å². The molecular formula is C15H19NO5. The van der Waals surface area contributed by atoms with Crippen LogP contribution in [0.1, 0.15) is 35.9 Å². The topological polar surface area (TPSA) is 91.0 Å². The third-order valence-electron chi connectivity index (χ3n) is 3.83. The standard InChI is InChI=1S/C15H19NO5/c1-15(2)20-12-10(7-17)19-11(13(12)21-15)8-4-3-5-9(6-8)14(16)18/h3-6,10-13,17H,7H2,1-2H3,(H2,16,18)/t10-,11+,12-,13+/m1/s1. The number of hydrogen-bond donors (Lipinski definition) is 2. The number of nitrogens with two attached hydrogens (primary N) is 1. The third kappa shape index (κ3) is 2.55. The van der Waals surface area contributed by atoms with Gasteiger partial charge >= 0.3 is 0 Å². The van der Waals surface area contributed by atoms with Crippen molar-refractivity contribution in [2.75, 3.05) is 6.61 Å². The second-order valence-electron chi connectivity index (χ2n) is 5.83. The molecule has 6 nitrogen and oxygen atoms in total. The van der Waals surface area contributed by atoms with Gasteiger partial charge in [0.05, 0.1) is 6.61 Å². The van der Waals surface area contributed by atoms with E-state index in [9.17, 15) is 9.90 Å². The molecule has 2 heterocycles. The molecule has 21 heavy (non-hydrogen) atoms. The van der Waals surface area contributed by atoms with E-state index in [0.717, 1.165) is 5.56 Å². The van der Waals surface area contributed by atoms with Crippen LogP contribution in [-0.2, 0) is 14.2 Å². The van der Waals surface area contributed by atoms with Crippen LogP contribution < -0.4 is 5.73 Å². The van der Waals surface area contributed by atoms with Crippen molar-refractivity contribution < 1.29 is 24.1 Å². The van der Waals surface area contributed by atoms with Crippen LogP contribution in [0, 0.1) is 0 Å². The van der Waals surface area contributed by atoms with E-state index >= 15 is 0 Å². The number of carbonyl (C=O) groups excluding carboxylic acids is 1. The van der Waals surface area contributed by atoms with Gasteiger partial charge < -0.3 is 25.1 Å². The van der Waals surface area contributed by atoms with Crippen molar-refractivity contribution in [3.63, 3.8) is 0 Å². The zero-order chi connectivity index (χ0) is 15.2. The summed E-state index contributed by atoms with van der Waals surface area (Å²) in [5.41, 5.74) is 6.51. The molecule has 1 amide bonds. The number of fused-ring (bicyclic) bond motifs is 1. The van der Waals surface area contributed by atoms with Gasteiger partial charge in [-0.05, 0) is 31.5 Å². The summed E-state index contributed by atoms with van der Waals surface area (Å²) >= 11 is 0. The van der Waals surface area contributed by atoms with E-state index in [1.807, 2.05) is 19.9 Å². The van der Waals surface area contributed by atoms with Gasteiger partial charge in [-0.25, -0.2) is 0 Å². The summed E-state index contributed by atoms with van der Waals surface area (Å²) in [6.45, 7) is 3.51. The van der Waals surface area contributed by atoms with E-state index in [1.54, 1.807) is 18.2 Å². The van der Waals surface area contributed by atoms with Crippen LogP contribution in [0.3, 0.4) is 0 Å². The second-order valence-corrected chi connectivity index (χ2v) is 5.83. The highest BCUT2D eigenvalue weighted by Crippen LogP contribution is 2.45. The number of primary amides is 1. The van der Waals surface area contributed by atoms with Crippen molar-refractivity contribution in [3.05, 3.63) is 35.4 Å². The highest BCUT2D eigenvalue weighted by molar-refractivity contribution is 5.92. The van der Waals surface area contributed by atoms with Crippen LogP contribution in [-0.4, -0.2) is 41.7 Å². The Bertz CT molecular complexity index is 559. The summed E-state index contributed by atoms with van der Waals surface area (Å²) in [7, 11) is 0. The van der Waals surface area contributed by atoms with Crippen LogP contribution in [0.4, 0.5) is 0 Å². The minimum atomic E-state index is -0.716. The maximum atomic E-state index is 11.3. The van der Waals surface area contributed by atoms with Crippen molar-refractivity contribution in [1.29, 1.82) is 0 Å². The lowest BCUT2D eigenvalue weighted by molar-refractivity contribution is -0.191. The van der Waals surface area contributed by atoms with Crippen molar-refractivity contribution >= 4 is 5.91 Å². The summed E-state index contributed by atoms with van der Waals surface area (Å²) in [4.78, 5) is 11.3. The highest BCUT2D eigenvalue weighted by Gasteiger charge is 2.55. The van der Waals surface area contributed by atoms with Crippen molar-refractivity contribution in [2.45, 2.75) is 44.1 Å². The molecule has 0 aromatic heterocycles. The predicted molar refractivity (Wildman–Crippen MR) is 73.5 cm³/mol. The Labute approximate surface area is 122 Å². The van der Waals surface area contributed by atoms with E-state index < -0.39 is 23.9 Å². The molecule has 0 aliphatic carbocycles. The third-order valence-corrected chi connectivity index (χ3v) is 3.83. The van der Waals surface area contributed by atoms with E-state index in [0.29, 0.717) is 5.56 Å². The molecule has 0 radical (unpaired) electrons. The molecule has 2 aliphatic rings. The number of rotatable bonds is 3. The Morgan fingerprint density at radius 3 is 2.71 bits per heavy atom. The van der Waals surface area contributed by atoms with Crippen LogP contribution in [0.25, 0.3) is 0 Å². The zero-order valence-electron chi connectivity index (χ0n) is 12.0. The van der Waals surface area contributed by atoms with Crippen LogP contribution >= 0.6 is 0 Å². The van der Waals surface area contributed by atoms with Crippen LogP contribution in [0.2, 0.25) is 0 Å². The lowest BCUT2D eigenvalue weighted by atomic mass is 10.00. The Morgan fingerprint density at radius 1 is 1.33 bits per heavy atom. The minimum absolute atomic E-state index is 0.146. The maximum absolute atomic E-state index is 11.3. The number of ether oxygens (including phenoxy) is 3. The molecule has 4 atom stereocenters. The number of carbonyl (C=O) groups is 1. The molecule has 2 fully saturated rings. The Balaban J connectivity index is 1.92. The molecular weight excluding hydrogens is 274 g/mol. The summed E-state index contributed by atoms with van der Waals surface area (Å²) in [5.74, 6) is -1.21. The van der Waals surface area contributed by atoms with Crippen molar-refractivity contribution in [3.8, 4) is 0 Å². The average molecular weight is 293 g/mol. The molecule has 2 aliphatic heterocycles. The van der Waals surface area contributed by atoms with Gasteiger partial charge in [-0.2, -0.15) is 0 Å². The van der Waals surface area contributed by atoms with E-state index in [2.05, 4.69) is 0 Å². The number of aliphatic hydroxyl groups is 1. The van der Waals surface area contributed by atoms with Crippen molar-refractivity contribution in [2.24, 2.45) is 5.73 Å². The first-order valence-corrected chi connectivity index (χ1v) is 6.93. The van der Waals surface area contributed by atoms with Gasteiger partial charge in [0.15, 0.2) is 5.79 Å². The SMILES string of the molecule is CC1(C)O[C@@H]2[C@H](O1)[C@@H](CO)O[C@H]2c1cccc(C(N)=O)c1. The van der Waals surface area contributed by atoms with Crippen LogP contribution in [0.5, 0.6) is 0 Å². The fourth-order valence-corrected chi connectivity index (χ4v) is 2.97. The molecule has 0 saturated carbocycles. The monoisotopic (exact) mass is 293 g/mol. The second kappa shape index (κ2) is 5.06. The van der Waals surface area contributed by atoms with Gasteiger partial charge in [0.1, 0.15) is 24.4 Å². The molecule has 0 unspecified atom stereocenters. The van der Waals surface area contributed by atoms with Gasteiger partial charge in [0, 0.05) is 5.56 Å². The molecule has 1 aromatic rings. The lowest BCUT2D eigenvalue weighted by Gasteiger charge is -2.23. The number of aliphatic hydroxyl groups excluding tert-OH is 1. The molecule has 6 heteroatoms. The highest BCUT2D eigenvalue weighted by atomic mass is 16.8. The van der Waals surface area contributed by atoms with E-state index in [4.69, 9.17) is 19.9 Å². The van der Waals surface area contributed by atoms with Crippen molar-refractivity contribution in [1.82, 2.24) is 0 Å². The lowest BCUT2D eigenvalue weighted by Crippen LogP contribution is -2.31. The van der Waals surface area contributed by atoms with Gasteiger partial charge in [-0.3, -0.25) is 4.79 Å². The Hall–Kier alpha value is -1.47. The summed E-state index contributed by atoms with van der Waals surface area (Å²) in [6, 6.07) is 6.94. The number of hydrogen-bond acceptors (Lipinski definition) is 5. The first kappa shape index (κ1) is 14.5. The zero-order valence-corrected chi connectivity index (χ0v) is 12.0. The molecule has 2 saturated heterocycles. The first-order chi connectivity index (χ1) is 9.91. The van der Waals surface area contributed by atoms with Crippen LogP contribution in [0.15, 0.2) is 24.3 Å². The summed E-state index contributed by atoms with van der Waals surface area (Å²) in [6.07, 6.45) is -1.49. The Kier molecular flexibility index (Phi) is 3.49. The van der Waals surface area contributed by atoms with Gasteiger partial charge in [0.25, 0.3) is 0 Å². The number of amides is 1. The summed E-state index contributed by atoms with van der Waals surface area (Å²) in [5, 5.41) is 9.46. The maximum Gasteiger partial charge on any atom is 0.248 e. The summed E-state index contributed by atoms with van der Waals surface area (Å²) < 4.78 is 17.5. The normalized spacial score (nSPS) is 33.9. The molecule has 1 aromatic carbocycles. The molecule has 0 bridgehead atoms. The first-order valence-electron chi connectivity index (χ1n) is 6.93. The van der Waals surface area contributed by atoms with Gasteiger partial charge in [0.2, 0.25) is 5.91 Å². The largest absolute Gasteiger partial charge is 0.394 e. The van der Waals surface area contributed by atoms with E-state index in [-0.39, 0.29) is 18.8 Å². The molecule has 0 spiro atoms. The molecule has 3 rings (SSSR count). The molecule has 3 N–H and O–H groups in total. The smallest absolute Gasteiger partial charge is 0.248 e. The van der Waals surface area contributed by atoms with Gasteiger partial charge in [-0.15, -0.1) is 0 Å². The fraction of sp³-hybridized carbons (Fsp3) is 0.533.